The molecule has 0 amide bonds. The van der Waals surface area contributed by atoms with Crippen molar-refractivity contribution in [2.75, 3.05) is 0 Å². The molecule has 1 heterocycles. The molecule has 2 rings (SSSR count). The van der Waals surface area contributed by atoms with Crippen LogP contribution in [0.1, 0.15) is 26.7 Å². The van der Waals surface area contributed by atoms with Crippen molar-refractivity contribution in [1.29, 1.82) is 0 Å². The number of hydrogen-bond donors (Lipinski definition) is 0. The molecule has 0 aromatic rings. The van der Waals surface area contributed by atoms with Gasteiger partial charge in [-0.2, -0.15) is 0 Å². The maximum Gasteiger partial charge on any atom is 0.321 e. The highest BCUT2D eigenvalue weighted by Gasteiger charge is 2.53. The predicted octanol–water partition coefficient (Wildman–Crippen LogP) is 1.68. The van der Waals surface area contributed by atoms with Crippen molar-refractivity contribution in [2.45, 2.75) is 26.7 Å². The highest BCUT2D eigenvalue weighted by Crippen LogP contribution is 2.47. The summed E-state index contributed by atoms with van der Waals surface area (Å²) in [5.41, 5.74) is 1.08. The lowest BCUT2D eigenvalue weighted by molar-refractivity contribution is -0.154. The smallest absolute Gasteiger partial charge is 0.321 e. The summed E-state index contributed by atoms with van der Waals surface area (Å²) in [7, 11) is 0. The minimum atomic E-state index is -0.343. The molecular weight excluding hydrogens is 180 g/mol. The lowest BCUT2D eigenvalue weighted by atomic mass is 9.89. The fourth-order valence-corrected chi connectivity index (χ4v) is 2.61. The molecule has 2 fully saturated rings. The number of allylic oxidation sites excluding steroid dienone is 1. The van der Waals surface area contributed by atoms with Crippen LogP contribution in [-0.2, 0) is 14.3 Å². The molecule has 3 unspecified atom stereocenters. The molecule has 0 aromatic heterocycles. The van der Waals surface area contributed by atoms with Crippen LogP contribution in [0, 0.1) is 17.8 Å². The van der Waals surface area contributed by atoms with E-state index < -0.39 is 0 Å². The van der Waals surface area contributed by atoms with Crippen molar-refractivity contribution in [1.82, 2.24) is 0 Å². The third-order valence-electron chi connectivity index (χ3n) is 3.39. The van der Waals surface area contributed by atoms with Gasteiger partial charge in [-0.25, -0.2) is 0 Å². The number of ether oxygens (including phenoxy) is 1. The number of carbonyl (C=O) groups excluding carboxylic acids is 2. The van der Waals surface area contributed by atoms with Gasteiger partial charge in [0, 0.05) is 0 Å². The zero-order chi connectivity index (χ0) is 10.3. The number of cyclic esters (lactones) is 2. The lowest BCUT2D eigenvalue weighted by Gasteiger charge is -2.09. The van der Waals surface area contributed by atoms with Crippen LogP contribution < -0.4 is 0 Å². The maximum atomic E-state index is 11.4. The van der Waals surface area contributed by atoms with E-state index in [2.05, 4.69) is 11.7 Å². The molecule has 3 nitrogen and oxygen atoms in total. The van der Waals surface area contributed by atoms with Gasteiger partial charge in [0.05, 0.1) is 11.8 Å². The van der Waals surface area contributed by atoms with E-state index in [0.717, 1.165) is 18.4 Å². The van der Waals surface area contributed by atoms with Gasteiger partial charge in [-0.1, -0.05) is 25.0 Å². The van der Waals surface area contributed by atoms with Gasteiger partial charge in [0.15, 0.2) is 0 Å². The molecule has 0 radical (unpaired) electrons. The van der Waals surface area contributed by atoms with Crippen molar-refractivity contribution < 1.29 is 14.3 Å². The van der Waals surface area contributed by atoms with Crippen LogP contribution in [0.2, 0.25) is 0 Å². The van der Waals surface area contributed by atoms with E-state index in [1.807, 2.05) is 13.0 Å². The molecule has 0 spiro atoms. The fourth-order valence-electron chi connectivity index (χ4n) is 2.61. The molecular formula is C11H14O3. The molecule has 3 atom stereocenters. The molecule has 76 valence electrons. The number of carbonyl (C=O) groups is 2. The second kappa shape index (κ2) is 3.23. The molecule has 0 aromatic carbocycles. The molecule has 1 aliphatic carbocycles. The Morgan fingerprint density at radius 2 is 2.14 bits per heavy atom. The largest absolute Gasteiger partial charge is 0.392 e. The number of esters is 2. The SMILES string of the molecule is C/C=C1\CC(CC)C2C(=O)OC(=O)C12. The molecule has 0 bridgehead atoms. The quantitative estimate of drug-likeness (QED) is 0.362. The normalized spacial score (nSPS) is 39.0. The van der Waals surface area contributed by atoms with E-state index in [0.29, 0.717) is 5.92 Å². The van der Waals surface area contributed by atoms with Crippen LogP contribution in [0.25, 0.3) is 0 Å². The first-order chi connectivity index (χ1) is 6.69. The van der Waals surface area contributed by atoms with Crippen molar-refractivity contribution in [3.63, 3.8) is 0 Å². The summed E-state index contributed by atoms with van der Waals surface area (Å²) in [5.74, 6) is -0.825. The van der Waals surface area contributed by atoms with Crippen LogP contribution in [0.15, 0.2) is 11.6 Å². The minimum Gasteiger partial charge on any atom is -0.392 e. The summed E-state index contributed by atoms with van der Waals surface area (Å²) in [6.45, 7) is 3.97. The number of fused-ring (bicyclic) bond motifs is 1. The Bertz CT molecular complexity index is 316. The maximum absolute atomic E-state index is 11.4. The molecule has 1 aliphatic heterocycles. The van der Waals surface area contributed by atoms with Gasteiger partial charge in [0.2, 0.25) is 0 Å². The van der Waals surface area contributed by atoms with Crippen molar-refractivity contribution >= 4 is 11.9 Å². The van der Waals surface area contributed by atoms with E-state index in [1.54, 1.807) is 0 Å². The first kappa shape index (κ1) is 9.44. The monoisotopic (exact) mass is 194 g/mol. The van der Waals surface area contributed by atoms with Gasteiger partial charge < -0.3 is 4.74 Å². The molecule has 0 N–H and O–H groups in total. The lowest BCUT2D eigenvalue weighted by Crippen LogP contribution is -2.18. The van der Waals surface area contributed by atoms with Gasteiger partial charge in [-0.3, -0.25) is 9.59 Å². The average Bonchev–Trinajstić information content (AvgIpc) is 2.67. The standard InChI is InChI=1S/C11H14O3/c1-3-6-5-7(4-2)9-8(6)10(12)14-11(9)13/h3,7-9H,4-5H2,1-2H3/b6-3+. The van der Waals surface area contributed by atoms with Gasteiger partial charge in [0.1, 0.15) is 0 Å². The third kappa shape index (κ3) is 1.11. The Morgan fingerprint density at radius 3 is 2.71 bits per heavy atom. The van der Waals surface area contributed by atoms with E-state index in [-0.39, 0.29) is 23.8 Å². The first-order valence-electron chi connectivity index (χ1n) is 5.09. The average molecular weight is 194 g/mol. The second-order valence-corrected chi connectivity index (χ2v) is 3.98. The highest BCUT2D eigenvalue weighted by atomic mass is 16.6. The Balaban J connectivity index is 2.36. The zero-order valence-electron chi connectivity index (χ0n) is 8.45. The van der Waals surface area contributed by atoms with Crippen LogP contribution in [0.4, 0.5) is 0 Å². The van der Waals surface area contributed by atoms with Crippen molar-refractivity contribution in [3.05, 3.63) is 11.6 Å². The van der Waals surface area contributed by atoms with E-state index in [1.165, 1.54) is 0 Å². The molecule has 3 heteroatoms. The summed E-state index contributed by atoms with van der Waals surface area (Å²) in [6.07, 6.45) is 3.76. The zero-order valence-corrected chi connectivity index (χ0v) is 8.45. The van der Waals surface area contributed by atoms with Crippen molar-refractivity contribution in [2.24, 2.45) is 17.8 Å². The molecule has 1 saturated heterocycles. The van der Waals surface area contributed by atoms with Gasteiger partial charge in [-0.05, 0) is 19.3 Å². The third-order valence-corrected chi connectivity index (χ3v) is 3.39. The first-order valence-corrected chi connectivity index (χ1v) is 5.09. The summed E-state index contributed by atoms with van der Waals surface area (Å²) in [6, 6.07) is 0. The van der Waals surface area contributed by atoms with Crippen molar-refractivity contribution in [3.8, 4) is 0 Å². The summed E-state index contributed by atoms with van der Waals surface area (Å²) in [4.78, 5) is 22.8. The Labute approximate surface area is 83.1 Å². The van der Waals surface area contributed by atoms with E-state index in [9.17, 15) is 9.59 Å². The number of hydrogen-bond acceptors (Lipinski definition) is 3. The molecule has 14 heavy (non-hydrogen) atoms. The summed E-state index contributed by atoms with van der Waals surface area (Å²) in [5, 5.41) is 0. The fraction of sp³-hybridized carbons (Fsp3) is 0.636. The highest BCUT2D eigenvalue weighted by molar-refractivity contribution is 5.99. The Hall–Kier alpha value is -1.12. The molecule has 1 saturated carbocycles. The summed E-state index contributed by atoms with van der Waals surface area (Å²) < 4.78 is 4.67. The van der Waals surface area contributed by atoms with E-state index in [4.69, 9.17) is 0 Å². The predicted molar refractivity (Wildman–Crippen MR) is 50.2 cm³/mol. The van der Waals surface area contributed by atoms with Gasteiger partial charge >= 0.3 is 11.9 Å². The van der Waals surface area contributed by atoms with Crippen LogP contribution in [-0.4, -0.2) is 11.9 Å². The Kier molecular flexibility index (Phi) is 2.17. The topological polar surface area (TPSA) is 43.4 Å². The van der Waals surface area contributed by atoms with Crippen LogP contribution >= 0.6 is 0 Å². The number of rotatable bonds is 1. The minimum absolute atomic E-state index is 0.196. The van der Waals surface area contributed by atoms with Crippen LogP contribution in [0.3, 0.4) is 0 Å². The van der Waals surface area contributed by atoms with Gasteiger partial charge in [0.25, 0.3) is 0 Å². The second-order valence-electron chi connectivity index (χ2n) is 3.98. The Morgan fingerprint density at radius 1 is 1.43 bits per heavy atom. The van der Waals surface area contributed by atoms with Crippen LogP contribution in [0.5, 0.6) is 0 Å². The van der Waals surface area contributed by atoms with E-state index >= 15 is 0 Å². The molecule has 2 aliphatic rings. The van der Waals surface area contributed by atoms with Gasteiger partial charge in [-0.15, -0.1) is 0 Å². The summed E-state index contributed by atoms with van der Waals surface area (Å²) >= 11 is 0.